The van der Waals surface area contributed by atoms with Crippen LogP contribution in [0.5, 0.6) is 0 Å². The van der Waals surface area contributed by atoms with E-state index < -0.39 is 15.9 Å². The van der Waals surface area contributed by atoms with Crippen molar-refractivity contribution in [3.8, 4) is 0 Å². The fraction of sp³-hybridized carbons (Fsp3) is 0.435. The van der Waals surface area contributed by atoms with E-state index in [9.17, 15) is 18.0 Å². The Hall–Kier alpha value is -3.05. The highest BCUT2D eigenvalue weighted by molar-refractivity contribution is 14.1. The number of nitrogens with two attached hydrogens (primary N) is 2. The van der Waals surface area contributed by atoms with Crippen LogP contribution in [-0.4, -0.2) is 72.8 Å². The Labute approximate surface area is 234 Å². The molecular weight excluding hydrogens is 625 g/mol. The van der Waals surface area contributed by atoms with Gasteiger partial charge in [0.2, 0.25) is 15.9 Å². The molecule has 1 aromatic heterocycles. The number of nitrogens with zero attached hydrogens (tertiary/aromatic N) is 4. The average molecular weight is 656 g/mol. The third kappa shape index (κ3) is 6.50. The van der Waals surface area contributed by atoms with Crippen molar-refractivity contribution in [1.29, 1.82) is 0 Å². The summed E-state index contributed by atoms with van der Waals surface area (Å²) in [4.78, 5) is 39.3. The van der Waals surface area contributed by atoms with Gasteiger partial charge in [0.05, 0.1) is 10.4 Å². The third-order valence-corrected chi connectivity index (χ3v) is 8.83. The van der Waals surface area contributed by atoms with Gasteiger partial charge in [-0.3, -0.25) is 9.59 Å². The smallest absolute Gasteiger partial charge is 0.302 e. The fourth-order valence-corrected chi connectivity index (χ4v) is 5.74. The number of piperidine rings is 1. The Morgan fingerprint density at radius 1 is 1.16 bits per heavy atom. The van der Waals surface area contributed by atoms with Crippen LogP contribution in [0, 0.1) is 10.6 Å². The fourth-order valence-electron chi connectivity index (χ4n) is 4.30. The molecule has 38 heavy (non-hydrogen) atoms. The van der Waals surface area contributed by atoms with Crippen LogP contribution in [0.2, 0.25) is 0 Å². The second-order valence-corrected chi connectivity index (χ2v) is 12.1. The summed E-state index contributed by atoms with van der Waals surface area (Å²) in [6.07, 6.45) is 1.99. The number of nitrogen functional groups attached to an aromatic ring is 2. The number of hydrogen-bond donors (Lipinski definition) is 5. The molecule has 2 aliphatic rings. The van der Waals surface area contributed by atoms with Gasteiger partial charge in [-0.2, -0.15) is 4.99 Å². The monoisotopic (exact) mass is 655 g/mol. The minimum absolute atomic E-state index is 0.0172. The first-order valence-corrected chi connectivity index (χ1v) is 14.6. The predicted octanol–water partition coefficient (Wildman–Crippen LogP) is 0.363. The van der Waals surface area contributed by atoms with E-state index in [0.717, 1.165) is 5.56 Å². The number of aryl methyl sites for hydroxylation is 1. The maximum atomic E-state index is 12.7. The van der Waals surface area contributed by atoms with Gasteiger partial charge < -0.3 is 27.0 Å². The van der Waals surface area contributed by atoms with E-state index in [1.807, 2.05) is 29.5 Å². The normalized spacial score (nSPS) is 17.8. The van der Waals surface area contributed by atoms with Crippen LogP contribution in [-0.2, 0) is 14.8 Å². The zero-order valence-electron chi connectivity index (χ0n) is 20.8. The summed E-state index contributed by atoms with van der Waals surface area (Å²) >= 11 is 1.87. The molecule has 1 spiro atoms. The summed E-state index contributed by atoms with van der Waals surface area (Å²) in [6.45, 7) is 3.71. The van der Waals surface area contributed by atoms with Gasteiger partial charge in [0.25, 0.3) is 0 Å². The number of aliphatic imine (C=N–C) groups is 1. The molecule has 7 N–H and O–H groups in total. The maximum Gasteiger partial charge on any atom is 0.302 e. The first kappa shape index (κ1) is 28.0. The Bertz CT molecular complexity index is 1360. The highest BCUT2D eigenvalue weighted by Gasteiger charge is 2.40. The van der Waals surface area contributed by atoms with Crippen LogP contribution in [0.25, 0.3) is 0 Å². The van der Waals surface area contributed by atoms with Crippen molar-refractivity contribution in [1.82, 2.24) is 30.2 Å². The molecule has 2 aliphatic heterocycles. The number of halogens is 1. The summed E-state index contributed by atoms with van der Waals surface area (Å²) in [5.74, 6) is -0.265. The van der Waals surface area contributed by atoms with E-state index >= 15 is 0 Å². The molecule has 2 amide bonds. The molecular formula is C23H30IN9O4S. The number of guanidine groups is 1. The highest BCUT2D eigenvalue weighted by Crippen LogP contribution is 2.25. The molecule has 3 heterocycles. The van der Waals surface area contributed by atoms with Crippen LogP contribution < -0.4 is 26.8 Å². The molecule has 4 rings (SSSR count). The average Bonchev–Trinajstić information content (AvgIpc) is 3.26. The SMILES string of the molecule is Cc1ccc(S(=O)(=O)NCCCC(=O)N2CCC3(CC2)CN/C(=N\C(=O)c2nc(I)c(N)nc2N)N3)cc1. The summed E-state index contributed by atoms with van der Waals surface area (Å²) in [7, 11) is -3.60. The van der Waals surface area contributed by atoms with Crippen molar-refractivity contribution in [2.75, 3.05) is 37.6 Å². The van der Waals surface area contributed by atoms with Crippen molar-refractivity contribution in [2.45, 2.75) is 43.0 Å². The predicted molar refractivity (Wildman–Crippen MR) is 151 cm³/mol. The second-order valence-electron chi connectivity index (χ2n) is 9.35. The van der Waals surface area contributed by atoms with Crippen LogP contribution in [0.3, 0.4) is 0 Å². The number of likely N-dealkylation sites (tertiary alicyclic amines) is 1. The third-order valence-electron chi connectivity index (χ3n) is 6.56. The lowest BCUT2D eigenvalue weighted by Gasteiger charge is -2.38. The van der Waals surface area contributed by atoms with Crippen molar-refractivity contribution in [3.63, 3.8) is 0 Å². The zero-order valence-corrected chi connectivity index (χ0v) is 23.8. The Balaban J connectivity index is 1.23. The van der Waals surface area contributed by atoms with Crippen molar-refractivity contribution in [2.24, 2.45) is 4.99 Å². The Kier molecular flexibility index (Phi) is 8.37. The molecule has 2 fully saturated rings. The number of aromatic nitrogens is 2. The van der Waals surface area contributed by atoms with E-state index in [2.05, 4.69) is 30.3 Å². The van der Waals surface area contributed by atoms with Crippen LogP contribution in [0.4, 0.5) is 11.6 Å². The number of anilines is 2. The van der Waals surface area contributed by atoms with Crippen LogP contribution >= 0.6 is 22.6 Å². The number of nitrogens with one attached hydrogen (secondary N) is 3. The topological polar surface area (TPSA) is 198 Å². The van der Waals surface area contributed by atoms with Crippen molar-refractivity contribution >= 4 is 62.0 Å². The van der Waals surface area contributed by atoms with Gasteiger partial charge in [-0.25, -0.2) is 23.1 Å². The maximum absolute atomic E-state index is 12.7. The molecule has 0 unspecified atom stereocenters. The lowest BCUT2D eigenvalue weighted by molar-refractivity contribution is -0.132. The lowest BCUT2D eigenvalue weighted by atomic mass is 9.88. The molecule has 0 atom stereocenters. The van der Waals surface area contributed by atoms with Crippen molar-refractivity contribution < 1.29 is 18.0 Å². The standard InChI is InChI=1S/C23H30IN9O4S/c1-14-4-6-15(7-5-14)38(36,37)28-10-2-3-16(34)33-11-8-23(9-12-33)13-27-22(32-23)31-21(35)17-19(25)30-20(26)18(24)29-17/h4-7,28H,2-3,8-13H2,1H3,(H4,25,26,30)(H2,27,31,32,35). The number of benzene rings is 1. The molecule has 204 valence electrons. The molecule has 0 saturated carbocycles. The van der Waals surface area contributed by atoms with Crippen LogP contribution in [0.1, 0.15) is 41.7 Å². The van der Waals surface area contributed by atoms with E-state index in [-0.39, 0.29) is 46.6 Å². The Morgan fingerprint density at radius 2 is 1.84 bits per heavy atom. The van der Waals surface area contributed by atoms with Gasteiger partial charge in [0.1, 0.15) is 3.70 Å². The summed E-state index contributed by atoms with van der Waals surface area (Å²) < 4.78 is 27.7. The quantitative estimate of drug-likeness (QED) is 0.205. The lowest BCUT2D eigenvalue weighted by Crippen LogP contribution is -2.53. The van der Waals surface area contributed by atoms with E-state index in [1.165, 1.54) is 0 Å². The van der Waals surface area contributed by atoms with Gasteiger partial charge in [-0.1, -0.05) is 17.7 Å². The molecule has 1 aromatic carbocycles. The zero-order chi connectivity index (χ0) is 27.5. The highest BCUT2D eigenvalue weighted by atomic mass is 127. The van der Waals surface area contributed by atoms with Gasteiger partial charge in [0.15, 0.2) is 23.3 Å². The largest absolute Gasteiger partial charge is 0.382 e. The molecule has 2 aromatic rings. The van der Waals surface area contributed by atoms with Crippen molar-refractivity contribution in [3.05, 3.63) is 39.2 Å². The first-order chi connectivity index (χ1) is 18.0. The first-order valence-electron chi connectivity index (χ1n) is 12.1. The summed E-state index contributed by atoms with van der Waals surface area (Å²) in [5.41, 5.74) is 12.0. The molecule has 0 bridgehead atoms. The minimum Gasteiger partial charge on any atom is -0.382 e. The summed E-state index contributed by atoms with van der Waals surface area (Å²) in [6, 6.07) is 6.61. The van der Waals surface area contributed by atoms with E-state index in [1.54, 1.807) is 29.2 Å². The van der Waals surface area contributed by atoms with Crippen LogP contribution in [0.15, 0.2) is 34.2 Å². The number of carbonyl (C=O) groups is 2. The van der Waals surface area contributed by atoms with Gasteiger partial charge >= 0.3 is 5.91 Å². The number of sulfonamides is 1. The number of hydrogen-bond acceptors (Lipinski definition) is 8. The van der Waals surface area contributed by atoms with E-state index in [0.29, 0.717) is 48.6 Å². The summed E-state index contributed by atoms with van der Waals surface area (Å²) in [5, 5.41) is 6.40. The molecule has 0 radical (unpaired) electrons. The van der Waals surface area contributed by atoms with Gasteiger partial charge in [-0.05, 0) is 60.9 Å². The number of amides is 2. The molecule has 15 heteroatoms. The number of carbonyl (C=O) groups excluding carboxylic acids is 2. The minimum atomic E-state index is -3.60. The molecule has 2 saturated heterocycles. The number of rotatable bonds is 7. The van der Waals surface area contributed by atoms with Gasteiger partial charge in [-0.15, -0.1) is 0 Å². The van der Waals surface area contributed by atoms with E-state index in [4.69, 9.17) is 11.5 Å². The van der Waals surface area contributed by atoms with Gasteiger partial charge in [0, 0.05) is 32.6 Å². The Morgan fingerprint density at radius 3 is 2.53 bits per heavy atom. The molecule has 13 nitrogen and oxygen atoms in total. The molecule has 0 aliphatic carbocycles. The second kappa shape index (κ2) is 11.4.